The average molecular weight is 235 g/mol. The molecule has 1 aliphatic rings. The van der Waals surface area contributed by atoms with Gasteiger partial charge in [-0.15, -0.1) is 0 Å². The Labute approximate surface area is 100 Å². The first-order valence-corrected chi connectivity index (χ1v) is 5.84. The summed E-state index contributed by atoms with van der Waals surface area (Å²) in [6.45, 7) is 2.11. The number of carbonyl (C=O) groups is 1. The number of pyridine rings is 1. The number of nitrogens with zero attached hydrogens (tertiary/aromatic N) is 1. The van der Waals surface area contributed by atoms with Crippen LogP contribution in [0.3, 0.4) is 0 Å². The summed E-state index contributed by atoms with van der Waals surface area (Å²) >= 11 is 0. The number of aromatic carboxylic acids is 1. The SMILES string of the molecule is CCC1(Nc2nc(C(=O)O)ccc2N)CCC1. The zero-order valence-corrected chi connectivity index (χ0v) is 9.86. The van der Waals surface area contributed by atoms with Gasteiger partial charge in [0.15, 0.2) is 11.5 Å². The first kappa shape index (κ1) is 11.7. The summed E-state index contributed by atoms with van der Waals surface area (Å²) in [4.78, 5) is 14.9. The van der Waals surface area contributed by atoms with Crippen molar-refractivity contribution in [1.82, 2.24) is 4.98 Å². The Balaban J connectivity index is 2.25. The molecule has 0 spiro atoms. The minimum atomic E-state index is -1.03. The summed E-state index contributed by atoms with van der Waals surface area (Å²) in [5, 5.41) is 12.2. The number of nitrogens with one attached hydrogen (secondary N) is 1. The van der Waals surface area contributed by atoms with Crippen LogP contribution in [0.15, 0.2) is 12.1 Å². The summed E-state index contributed by atoms with van der Waals surface area (Å²) in [6.07, 6.45) is 4.36. The highest BCUT2D eigenvalue weighted by Crippen LogP contribution is 2.38. The van der Waals surface area contributed by atoms with Crippen LogP contribution in [-0.2, 0) is 0 Å². The fraction of sp³-hybridized carbons (Fsp3) is 0.500. The van der Waals surface area contributed by atoms with Crippen LogP contribution in [0.1, 0.15) is 43.1 Å². The van der Waals surface area contributed by atoms with Crippen LogP contribution in [0.5, 0.6) is 0 Å². The zero-order valence-electron chi connectivity index (χ0n) is 9.86. The van der Waals surface area contributed by atoms with Gasteiger partial charge in [0.2, 0.25) is 0 Å². The predicted octanol–water partition coefficient (Wildman–Crippen LogP) is 2.11. The number of nitrogens with two attached hydrogens (primary N) is 1. The summed E-state index contributed by atoms with van der Waals surface area (Å²) < 4.78 is 0. The van der Waals surface area contributed by atoms with E-state index in [1.165, 1.54) is 12.5 Å². The predicted molar refractivity (Wildman–Crippen MR) is 66.1 cm³/mol. The molecule has 92 valence electrons. The first-order chi connectivity index (χ1) is 8.06. The van der Waals surface area contributed by atoms with Gasteiger partial charge in [-0.1, -0.05) is 6.92 Å². The van der Waals surface area contributed by atoms with E-state index in [4.69, 9.17) is 10.8 Å². The van der Waals surface area contributed by atoms with Gasteiger partial charge in [0, 0.05) is 5.54 Å². The quantitative estimate of drug-likeness (QED) is 0.743. The molecule has 1 aromatic heterocycles. The molecular weight excluding hydrogens is 218 g/mol. The third kappa shape index (κ3) is 2.18. The maximum Gasteiger partial charge on any atom is 0.354 e. The van der Waals surface area contributed by atoms with E-state index in [1.807, 2.05) is 0 Å². The van der Waals surface area contributed by atoms with Crippen LogP contribution in [0, 0.1) is 0 Å². The molecule has 0 unspecified atom stereocenters. The van der Waals surface area contributed by atoms with Crippen LogP contribution >= 0.6 is 0 Å². The van der Waals surface area contributed by atoms with Gasteiger partial charge >= 0.3 is 5.97 Å². The molecule has 1 fully saturated rings. The van der Waals surface area contributed by atoms with Crippen LogP contribution in [-0.4, -0.2) is 21.6 Å². The van der Waals surface area contributed by atoms with Gasteiger partial charge in [0.25, 0.3) is 0 Å². The molecule has 0 atom stereocenters. The monoisotopic (exact) mass is 235 g/mol. The number of hydrogen-bond acceptors (Lipinski definition) is 4. The molecular formula is C12H17N3O2. The fourth-order valence-corrected chi connectivity index (χ4v) is 2.11. The highest BCUT2D eigenvalue weighted by Gasteiger charge is 2.35. The van der Waals surface area contributed by atoms with Gasteiger partial charge in [0.05, 0.1) is 5.69 Å². The molecule has 0 amide bonds. The molecule has 17 heavy (non-hydrogen) atoms. The maximum atomic E-state index is 10.9. The molecule has 1 aromatic rings. The molecule has 1 saturated carbocycles. The minimum Gasteiger partial charge on any atom is -0.477 e. The number of hydrogen-bond donors (Lipinski definition) is 3. The summed E-state index contributed by atoms with van der Waals surface area (Å²) in [5.74, 6) is -0.543. The van der Waals surface area contributed by atoms with Gasteiger partial charge in [0.1, 0.15) is 0 Å². The molecule has 0 aliphatic heterocycles. The van der Waals surface area contributed by atoms with E-state index in [1.54, 1.807) is 6.07 Å². The zero-order chi connectivity index (χ0) is 12.5. The molecule has 1 aliphatic carbocycles. The Morgan fingerprint density at radius 2 is 2.29 bits per heavy atom. The fourth-order valence-electron chi connectivity index (χ4n) is 2.11. The highest BCUT2D eigenvalue weighted by atomic mass is 16.4. The number of carboxylic acids is 1. The van der Waals surface area contributed by atoms with E-state index < -0.39 is 5.97 Å². The van der Waals surface area contributed by atoms with Crippen molar-refractivity contribution in [2.75, 3.05) is 11.1 Å². The van der Waals surface area contributed by atoms with E-state index in [-0.39, 0.29) is 11.2 Å². The van der Waals surface area contributed by atoms with Crippen molar-refractivity contribution in [3.05, 3.63) is 17.8 Å². The number of aromatic nitrogens is 1. The topological polar surface area (TPSA) is 88.2 Å². The van der Waals surface area contributed by atoms with Crippen molar-refractivity contribution in [2.24, 2.45) is 0 Å². The number of nitrogen functional groups attached to an aromatic ring is 1. The van der Waals surface area contributed by atoms with Crippen molar-refractivity contribution in [1.29, 1.82) is 0 Å². The van der Waals surface area contributed by atoms with Gasteiger partial charge < -0.3 is 16.2 Å². The second-order valence-corrected chi connectivity index (χ2v) is 4.55. The smallest absolute Gasteiger partial charge is 0.354 e. The average Bonchev–Trinajstić information content (AvgIpc) is 2.25. The molecule has 2 rings (SSSR count). The lowest BCUT2D eigenvalue weighted by Crippen LogP contribution is -2.44. The Morgan fingerprint density at radius 3 is 2.76 bits per heavy atom. The summed E-state index contributed by atoms with van der Waals surface area (Å²) in [5.41, 5.74) is 6.38. The Hall–Kier alpha value is -1.78. The Kier molecular flexibility index (Phi) is 2.92. The molecule has 4 N–H and O–H groups in total. The van der Waals surface area contributed by atoms with E-state index >= 15 is 0 Å². The molecule has 5 heteroatoms. The lowest BCUT2D eigenvalue weighted by molar-refractivity contribution is 0.0690. The molecule has 1 heterocycles. The molecule has 0 bridgehead atoms. The highest BCUT2D eigenvalue weighted by molar-refractivity contribution is 5.86. The van der Waals surface area contributed by atoms with E-state index in [0.29, 0.717) is 11.5 Å². The molecule has 0 aromatic carbocycles. The third-order valence-electron chi connectivity index (χ3n) is 3.52. The molecule has 0 saturated heterocycles. The van der Waals surface area contributed by atoms with Gasteiger partial charge in [-0.3, -0.25) is 0 Å². The van der Waals surface area contributed by atoms with Crippen molar-refractivity contribution >= 4 is 17.5 Å². The molecule has 5 nitrogen and oxygen atoms in total. The van der Waals surface area contributed by atoms with Crippen molar-refractivity contribution in [3.8, 4) is 0 Å². The van der Waals surface area contributed by atoms with Crippen molar-refractivity contribution < 1.29 is 9.90 Å². The van der Waals surface area contributed by atoms with Crippen LogP contribution in [0.4, 0.5) is 11.5 Å². The van der Waals surface area contributed by atoms with Crippen LogP contribution < -0.4 is 11.1 Å². The van der Waals surface area contributed by atoms with Crippen molar-refractivity contribution in [3.63, 3.8) is 0 Å². The second-order valence-electron chi connectivity index (χ2n) is 4.55. The van der Waals surface area contributed by atoms with Gasteiger partial charge in [-0.05, 0) is 37.8 Å². The third-order valence-corrected chi connectivity index (χ3v) is 3.52. The van der Waals surface area contributed by atoms with Gasteiger partial charge in [-0.25, -0.2) is 9.78 Å². The van der Waals surface area contributed by atoms with E-state index in [9.17, 15) is 4.79 Å². The van der Waals surface area contributed by atoms with Crippen LogP contribution in [0.25, 0.3) is 0 Å². The minimum absolute atomic E-state index is 0.0206. The second kappa shape index (κ2) is 4.24. The first-order valence-electron chi connectivity index (χ1n) is 5.84. The Morgan fingerprint density at radius 1 is 1.59 bits per heavy atom. The van der Waals surface area contributed by atoms with Crippen LogP contribution in [0.2, 0.25) is 0 Å². The standard InChI is InChI=1S/C12H17N3O2/c1-2-12(6-3-7-12)15-10-8(13)4-5-9(14-10)11(16)17/h4-5H,2-3,6-7,13H2,1H3,(H,14,15)(H,16,17). The summed E-state index contributed by atoms with van der Waals surface area (Å²) in [6, 6.07) is 3.00. The van der Waals surface area contributed by atoms with E-state index in [0.717, 1.165) is 19.3 Å². The summed E-state index contributed by atoms with van der Waals surface area (Å²) in [7, 11) is 0. The largest absolute Gasteiger partial charge is 0.477 e. The maximum absolute atomic E-state index is 10.9. The lowest BCUT2D eigenvalue weighted by Gasteiger charge is -2.42. The number of carboxylic acid groups (broad SMARTS) is 1. The molecule has 0 radical (unpaired) electrons. The number of rotatable bonds is 4. The number of anilines is 2. The Bertz CT molecular complexity index is 436. The lowest BCUT2D eigenvalue weighted by atomic mass is 9.75. The van der Waals surface area contributed by atoms with E-state index in [2.05, 4.69) is 17.2 Å². The van der Waals surface area contributed by atoms with Crippen molar-refractivity contribution in [2.45, 2.75) is 38.1 Å². The normalized spacial score (nSPS) is 17.2. The van der Waals surface area contributed by atoms with Gasteiger partial charge in [-0.2, -0.15) is 0 Å².